The van der Waals surface area contributed by atoms with E-state index in [9.17, 15) is 4.79 Å². The van der Waals surface area contributed by atoms with Crippen molar-refractivity contribution in [3.8, 4) is 22.4 Å². The largest absolute Gasteiger partial charge is 0.290 e. The maximum absolute atomic E-state index is 12.2. The van der Waals surface area contributed by atoms with Crippen LogP contribution in [0.5, 0.6) is 0 Å². The molecule has 0 aliphatic heterocycles. The third kappa shape index (κ3) is 2.89. The molecule has 0 unspecified atom stereocenters. The van der Waals surface area contributed by atoms with E-state index >= 15 is 0 Å². The van der Waals surface area contributed by atoms with E-state index < -0.39 is 0 Å². The van der Waals surface area contributed by atoms with Crippen LogP contribution in [0, 0.1) is 0 Å². The van der Waals surface area contributed by atoms with Gasteiger partial charge in [0.2, 0.25) is 0 Å². The van der Waals surface area contributed by atoms with E-state index in [0.29, 0.717) is 22.2 Å². The van der Waals surface area contributed by atoms with Crippen molar-refractivity contribution in [3.63, 3.8) is 0 Å². The molecule has 4 aromatic rings. The van der Waals surface area contributed by atoms with E-state index in [1.54, 1.807) is 30.7 Å². The summed E-state index contributed by atoms with van der Waals surface area (Å²) in [6.45, 7) is 0. The quantitative estimate of drug-likeness (QED) is 0.339. The van der Waals surface area contributed by atoms with Crippen LogP contribution >= 0.6 is 0 Å². The van der Waals surface area contributed by atoms with Crippen LogP contribution < -0.4 is 11.3 Å². The lowest BCUT2D eigenvalue weighted by Gasteiger charge is -2.09. The molecule has 26 heavy (non-hydrogen) atoms. The Morgan fingerprint density at radius 1 is 0.885 bits per heavy atom. The summed E-state index contributed by atoms with van der Waals surface area (Å²) < 4.78 is 0. The third-order valence-electron chi connectivity index (χ3n) is 4.16. The highest BCUT2D eigenvalue weighted by atomic mass is 16.2. The highest BCUT2D eigenvalue weighted by molar-refractivity contribution is 6.06. The number of nitrogens with two attached hydrogens (primary N) is 1. The molecule has 0 fully saturated rings. The maximum atomic E-state index is 12.2. The number of hydrogen-bond acceptors (Lipinski definition) is 5. The number of nitrogen functional groups attached to an aromatic ring is 1. The molecular weight excluding hydrogens is 326 g/mol. The predicted molar refractivity (Wildman–Crippen MR) is 99.9 cm³/mol. The predicted octanol–water partition coefficient (Wildman–Crippen LogP) is 2.96. The summed E-state index contributed by atoms with van der Waals surface area (Å²) in [5.74, 6) is 4.95. The molecule has 4 rings (SSSR count). The molecule has 3 heterocycles. The van der Waals surface area contributed by atoms with Gasteiger partial charge in [-0.25, -0.2) is 10.8 Å². The fraction of sp³-hybridized carbons (Fsp3) is 0. The lowest BCUT2D eigenvalue weighted by atomic mass is 10.0. The molecule has 0 aliphatic rings. The van der Waals surface area contributed by atoms with Crippen LogP contribution in [0.4, 0.5) is 0 Å². The molecule has 6 nitrogen and oxygen atoms in total. The minimum absolute atomic E-state index is 0.376. The molecule has 0 aliphatic carbocycles. The van der Waals surface area contributed by atoms with E-state index in [4.69, 9.17) is 5.84 Å². The molecule has 126 valence electrons. The van der Waals surface area contributed by atoms with E-state index in [1.807, 2.05) is 42.6 Å². The van der Waals surface area contributed by atoms with Gasteiger partial charge in [-0.1, -0.05) is 30.3 Å². The number of fused-ring (bicyclic) bond motifs is 1. The Kier molecular flexibility index (Phi) is 4.09. The molecule has 1 aromatic carbocycles. The van der Waals surface area contributed by atoms with Gasteiger partial charge in [0.05, 0.1) is 16.8 Å². The first-order valence-electron chi connectivity index (χ1n) is 8.03. The van der Waals surface area contributed by atoms with Gasteiger partial charge in [0, 0.05) is 35.7 Å². The standard InChI is InChI=1S/C20H15N5O/c21-25-20(26)16-10-19(24-18-7-9-23-12-17(16)18)14-5-3-13(4-6-14)15-2-1-8-22-11-15/h1-12H,21H2,(H,25,26). The number of carbonyl (C=O) groups is 1. The number of rotatable bonds is 3. The van der Waals surface area contributed by atoms with Crippen LogP contribution in [0.3, 0.4) is 0 Å². The number of amides is 1. The number of hydrogen-bond donors (Lipinski definition) is 2. The summed E-state index contributed by atoms with van der Waals surface area (Å²) >= 11 is 0. The Bertz CT molecular complexity index is 1080. The first-order chi connectivity index (χ1) is 12.8. The van der Waals surface area contributed by atoms with E-state index in [2.05, 4.69) is 20.4 Å². The Morgan fingerprint density at radius 2 is 1.65 bits per heavy atom. The first kappa shape index (κ1) is 15.9. The van der Waals surface area contributed by atoms with Crippen LogP contribution in [0.2, 0.25) is 0 Å². The van der Waals surface area contributed by atoms with E-state index in [1.165, 1.54) is 0 Å². The smallest absolute Gasteiger partial charge is 0.265 e. The second-order valence-electron chi connectivity index (χ2n) is 5.74. The van der Waals surface area contributed by atoms with Gasteiger partial charge >= 0.3 is 0 Å². The average molecular weight is 341 g/mol. The lowest BCUT2D eigenvalue weighted by Crippen LogP contribution is -2.30. The molecule has 0 saturated carbocycles. The monoisotopic (exact) mass is 341 g/mol. The third-order valence-corrected chi connectivity index (χ3v) is 4.16. The van der Waals surface area contributed by atoms with E-state index in [0.717, 1.165) is 16.7 Å². The van der Waals surface area contributed by atoms with Crippen molar-refractivity contribution in [3.05, 3.63) is 78.9 Å². The SMILES string of the molecule is NNC(=O)c1cc(-c2ccc(-c3cccnc3)cc2)nc2ccncc12. The van der Waals surface area contributed by atoms with Gasteiger partial charge in [-0.2, -0.15) is 0 Å². The molecule has 0 bridgehead atoms. The Balaban J connectivity index is 1.80. The Labute approximate surface area is 149 Å². The van der Waals surface area contributed by atoms with Gasteiger partial charge in [0.25, 0.3) is 5.91 Å². The number of nitrogens with one attached hydrogen (secondary N) is 1. The van der Waals surface area contributed by atoms with Gasteiger partial charge in [0.15, 0.2) is 0 Å². The highest BCUT2D eigenvalue weighted by Gasteiger charge is 2.13. The van der Waals surface area contributed by atoms with Gasteiger partial charge in [-0.15, -0.1) is 0 Å². The number of benzene rings is 1. The normalized spacial score (nSPS) is 10.7. The minimum Gasteiger partial charge on any atom is -0.290 e. The van der Waals surface area contributed by atoms with Crippen molar-refractivity contribution in [2.45, 2.75) is 0 Å². The summed E-state index contributed by atoms with van der Waals surface area (Å²) in [4.78, 5) is 25.0. The van der Waals surface area contributed by atoms with Crippen molar-refractivity contribution in [2.75, 3.05) is 0 Å². The molecular formula is C20H15N5O. The van der Waals surface area contributed by atoms with Crippen LogP contribution in [0.1, 0.15) is 10.4 Å². The van der Waals surface area contributed by atoms with Gasteiger partial charge in [-0.05, 0) is 29.3 Å². The van der Waals surface area contributed by atoms with Gasteiger partial charge in [-0.3, -0.25) is 20.2 Å². The second kappa shape index (κ2) is 6.70. The minimum atomic E-state index is -0.376. The Hall–Kier alpha value is -3.64. The van der Waals surface area contributed by atoms with Gasteiger partial charge < -0.3 is 0 Å². The number of carbonyl (C=O) groups excluding carboxylic acids is 1. The molecule has 0 radical (unpaired) electrons. The fourth-order valence-corrected chi connectivity index (χ4v) is 2.85. The molecule has 1 amide bonds. The van der Waals surface area contributed by atoms with E-state index in [-0.39, 0.29) is 5.91 Å². The first-order valence-corrected chi connectivity index (χ1v) is 8.03. The average Bonchev–Trinajstić information content (AvgIpc) is 2.73. The van der Waals surface area contributed by atoms with Crippen molar-refractivity contribution >= 4 is 16.8 Å². The summed E-state index contributed by atoms with van der Waals surface area (Å²) in [7, 11) is 0. The maximum Gasteiger partial charge on any atom is 0.265 e. The van der Waals surface area contributed by atoms with Crippen molar-refractivity contribution in [1.82, 2.24) is 20.4 Å². The fourth-order valence-electron chi connectivity index (χ4n) is 2.85. The topological polar surface area (TPSA) is 93.8 Å². The van der Waals surface area contributed by atoms with Crippen LogP contribution in [0.15, 0.2) is 73.3 Å². The second-order valence-corrected chi connectivity index (χ2v) is 5.74. The number of nitrogens with zero attached hydrogens (tertiary/aromatic N) is 3. The number of pyridine rings is 3. The lowest BCUT2D eigenvalue weighted by molar-refractivity contribution is 0.0955. The zero-order valence-electron chi connectivity index (χ0n) is 13.8. The van der Waals surface area contributed by atoms with Crippen LogP contribution in [-0.2, 0) is 0 Å². The molecule has 6 heteroatoms. The van der Waals surface area contributed by atoms with Crippen molar-refractivity contribution in [2.24, 2.45) is 5.84 Å². The molecule has 0 atom stereocenters. The molecule has 3 N–H and O–H groups in total. The molecule has 0 spiro atoms. The zero-order valence-corrected chi connectivity index (χ0v) is 13.8. The summed E-state index contributed by atoms with van der Waals surface area (Å²) in [5.41, 5.74) is 7.01. The summed E-state index contributed by atoms with van der Waals surface area (Å²) in [6.07, 6.45) is 6.83. The van der Waals surface area contributed by atoms with Crippen molar-refractivity contribution in [1.29, 1.82) is 0 Å². The number of aromatic nitrogens is 3. The van der Waals surface area contributed by atoms with Crippen LogP contribution in [-0.4, -0.2) is 20.9 Å². The van der Waals surface area contributed by atoms with Crippen molar-refractivity contribution < 1.29 is 4.79 Å². The molecule has 3 aromatic heterocycles. The van der Waals surface area contributed by atoms with Crippen LogP contribution in [0.25, 0.3) is 33.3 Å². The van der Waals surface area contributed by atoms with Gasteiger partial charge in [0.1, 0.15) is 0 Å². The highest BCUT2D eigenvalue weighted by Crippen LogP contribution is 2.26. The summed E-state index contributed by atoms with van der Waals surface area (Å²) in [6, 6.07) is 15.4. The Morgan fingerprint density at radius 3 is 2.38 bits per heavy atom. The summed E-state index contributed by atoms with van der Waals surface area (Å²) in [5, 5.41) is 0.659. The number of hydrazine groups is 1. The zero-order chi connectivity index (χ0) is 17.9. The molecule has 0 saturated heterocycles.